The van der Waals surface area contributed by atoms with E-state index in [2.05, 4.69) is 5.10 Å². The number of esters is 1. The van der Waals surface area contributed by atoms with Crippen LogP contribution in [0.25, 0.3) is 5.69 Å². The molecule has 19 heavy (non-hydrogen) atoms. The zero-order chi connectivity index (χ0) is 13.8. The summed E-state index contributed by atoms with van der Waals surface area (Å²) < 4.78 is 19.5. The van der Waals surface area contributed by atoms with Crippen molar-refractivity contribution in [2.24, 2.45) is 0 Å². The van der Waals surface area contributed by atoms with Crippen LogP contribution in [0.1, 0.15) is 17.4 Å². The molecule has 0 saturated carbocycles. The molecule has 1 aromatic carbocycles. The van der Waals surface area contributed by atoms with Crippen molar-refractivity contribution in [3.05, 3.63) is 58.3 Å². The van der Waals surface area contributed by atoms with E-state index in [1.807, 2.05) is 0 Å². The molecule has 0 fully saturated rings. The molecule has 6 heteroatoms. The molecular weight excluding hydrogens is 251 g/mol. The molecule has 2 rings (SSSR count). The number of hydrogen-bond donors (Lipinski definition) is 0. The van der Waals surface area contributed by atoms with Gasteiger partial charge in [0.15, 0.2) is 0 Å². The van der Waals surface area contributed by atoms with Gasteiger partial charge in [-0.3, -0.25) is 4.79 Å². The van der Waals surface area contributed by atoms with Crippen molar-refractivity contribution in [1.29, 1.82) is 0 Å². The Balaban J connectivity index is 2.50. The molecule has 0 aliphatic rings. The van der Waals surface area contributed by atoms with Crippen molar-refractivity contribution < 1.29 is 13.9 Å². The number of halogens is 1. The molecule has 0 atom stereocenters. The minimum Gasteiger partial charge on any atom is -0.461 e. The van der Waals surface area contributed by atoms with Crippen molar-refractivity contribution >= 4 is 5.97 Å². The lowest BCUT2D eigenvalue weighted by Crippen LogP contribution is -2.22. The van der Waals surface area contributed by atoms with E-state index in [1.165, 1.54) is 24.4 Å². The number of hydrogen-bond acceptors (Lipinski definition) is 4. The molecule has 5 nitrogen and oxygen atoms in total. The molecule has 0 amide bonds. The number of aromatic nitrogens is 2. The summed E-state index contributed by atoms with van der Waals surface area (Å²) in [6, 6.07) is 7.06. The molecule has 0 spiro atoms. The Labute approximate surface area is 108 Å². The number of carbonyl (C=O) groups excluding carboxylic acids is 1. The summed E-state index contributed by atoms with van der Waals surface area (Å²) in [5, 5.41) is 3.81. The van der Waals surface area contributed by atoms with E-state index in [-0.39, 0.29) is 18.0 Å². The number of rotatable bonds is 3. The average molecular weight is 262 g/mol. The second kappa shape index (κ2) is 5.43. The third kappa shape index (κ3) is 2.67. The maximum atomic E-state index is 13.6. The Morgan fingerprint density at radius 3 is 2.79 bits per heavy atom. The van der Waals surface area contributed by atoms with Gasteiger partial charge in [-0.2, -0.15) is 5.10 Å². The van der Waals surface area contributed by atoms with Crippen LogP contribution in [-0.4, -0.2) is 22.4 Å². The molecule has 2 aromatic rings. The molecule has 0 unspecified atom stereocenters. The highest BCUT2D eigenvalue weighted by atomic mass is 19.1. The Hall–Kier alpha value is -2.50. The van der Waals surface area contributed by atoms with E-state index in [4.69, 9.17) is 4.74 Å². The van der Waals surface area contributed by atoms with Crippen LogP contribution in [0, 0.1) is 5.82 Å². The van der Waals surface area contributed by atoms with Crippen LogP contribution in [0.15, 0.2) is 41.3 Å². The Bertz CT molecular complexity index is 667. The summed E-state index contributed by atoms with van der Waals surface area (Å²) >= 11 is 0. The normalized spacial score (nSPS) is 10.2. The Morgan fingerprint density at radius 1 is 1.37 bits per heavy atom. The van der Waals surface area contributed by atoms with E-state index in [0.717, 1.165) is 10.7 Å². The summed E-state index contributed by atoms with van der Waals surface area (Å²) in [6.45, 7) is 1.75. The maximum Gasteiger partial charge on any atom is 0.362 e. The van der Waals surface area contributed by atoms with Gasteiger partial charge in [0.05, 0.1) is 6.61 Å². The first-order chi connectivity index (χ1) is 9.13. The summed E-state index contributed by atoms with van der Waals surface area (Å²) in [7, 11) is 0. The second-order valence-electron chi connectivity index (χ2n) is 3.65. The van der Waals surface area contributed by atoms with Gasteiger partial charge in [0.2, 0.25) is 11.1 Å². The average Bonchev–Trinajstić information content (AvgIpc) is 2.40. The van der Waals surface area contributed by atoms with E-state index < -0.39 is 17.2 Å². The van der Waals surface area contributed by atoms with Gasteiger partial charge in [0.25, 0.3) is 0 Å². The molecule has 0 radical (unpaired) electrons. The first-order valence-corrected chi connectivity index (χ1v) is 5.65. The third-order valence-corrected chi connectivity index (χ3v) is 2.38. The monoisotopic (exact) mass is 262 g/mol. The van der Waals surface area contributed by atoms with Crippen LogP contribution >= 0.6 is 0 Å². The molecule has 0 N–H and O–H groups in total. The van der Waals surface area contributed by atoms with Crippen molar-refractivity contribution in [3.63, 3.8) is 0 Å². The van der Waals surface area contributed by atoms with Gasteiger partial charge in [-0.05, 0) is 19.1 Å². The molecule has 0 aliphatic heterocycles. The van der Waals surface area contributed by atoms with E-state index >= 15 is 0 Å². The molecule has 1 heterocycles. The first-order valence-electron chi connectivity index (χ1n) is 5.65. The van der Waals surface area contributed by atoms with Crippen LogP contribution < -0.4 is 5.43 Å². The zero-order valence-corrected chi connectivity index (χ0v) is 10.2. The van der Waals surface area contributed by atoms with Crippen LogP contribution in [0.3, 0.4) is 0 Å². The zero-order valence-electron chi connectivity index (χ0n) is 10.2. The SMILES string of the molecule is CCOC(=O)c1nn(-c2ccccc2F)ccc1=O. The predicted octanol–water partition coefficient (Wildman–Crippen LogP) is 1.55. The Kier molecular flexibility index (Phi) is 3.70. The van der Waals surface area contributed by atoms with E-state index in [9.17, 15) is 14.0 Å². The van der Waals surface area contributed by atoms with Crippen LogP contribution in [0.4, 0.5) is 4.39 Å². The number of ether oxygens (including phenoxy) is 1. The molecule has 0 aliphatic carbocycles. The fourth-order valence-electron chi connectivity index (χ4n) is 1.52. The highest BCUT2D eigenvalue weighted by Gasteiger charge is 2.15. The van der Waals surface area contributed by atoms with Crippen molar-refractivity contribution in [2.75, 3.05) is 6.61 Å². The number of carbonyl (C=O) groups is 1. The summed E-state index contributed by atoms with van der Waals surface area (Å²) in [5.41, 5.74) is -0.785. The molecule has 1 aromatic heterocycles. The summed E-state index contributed by atoms with van der Waals surface area (Å²) in [5.74, 6) is -1.33. The fourth-order valence-corrected chi connectivity index (χ4v) is 1.52. The van der Waals surface area contributed by atoms with Crippen molar-refractivity contribution in [1.82, 2.24) is 9.78 Å². The van der Waals surface area contributed by atoms with Gasteiger partial charge in [-0.15, -0.1) is 0 Å². The van der Waals surface area contributed by atoms with Gasteiger partial charge in [0.1, 0.15) is 11.5 Å². The highest BCUT2D eigenvalue weighted by Crippen LogP contribution is 2.10. The molecule has 98 valence electrons. The van der Waals surface area contributed by atoms with E-state index in [0.29, 0.717) is 0 Å². The van der Waals surface area contributed by atoms with Crippen LogP contribution in [-0.2, 0) is 4.74 Å². The van der Waals surface area contributed by atoms with Crippen LogP contribution in [0.5, 0.6) is 0 Å². The lowest BCUT2D eigenvalue weighted by Gasteiger charge is -2.07. The number of benzene rings is 1. The Morgan fingerprint density at radius 2 is 2.11 bits per heavy atom. The maximum absolute atomic E-state index is 13.6. The standard InChI is InChI=1S/C13H11FN2O3/c1-2-19-13(18)12-11(17)7-8-16(15-12)10-6-4-3-5-9(10)14/h3-8H,2H2,1H3. The largest absolute Gasteiger partial charge is 0.461 e. The number of para-hydroxylation sites is 1. The minimum absolute atomic E-state index is 0.133. The predicted molar refractivity (Wildman–Crippen MR) is 65.7 cm³/mol. The molecular formula is C13H11FN2O3. The van der Waals surface area contributed by atoms with Gasteiger partial charge in [-0.1, -0.05) is 12.1 Å². The van der Waals surface area contributed by atoms with Gasteiger partial charge in [0, 0.05) is 12.3 Å². The quantitative estimate of drug-likeness (QED) is 0.787. The number of nitrogens with zero attached hydrogens (tertiary/aromatic N) is 2. The topological polar surface area (TPSA) is 61.2 Å². The summed E-state index contributed by atoms with van der Waals surface area (Å²) in [4.78, 5) is 23.1. The first kappa shape index (κ1) is 12.9. The second-order valence-corrected chi connectivity index (χ2v) is 3.65. The van der Waals surface area contributed by atoms with Gasteiger partial charge < -0.3 is 4.74 Å². The minimum atomic E-state index is -0.821. The van der Waals surface area contributed by atoms with Gasteiger partial charge >= 0.3 is 5.97 Å². The summed E-state index contributed by atoms with van der Waals surface area (Å²) in [6.07, 6.45) is 1.30. The van der Waals surface area contributed by atoms with E-state index in [1.54, 1.807) is 13.0 Å². The smallest absolute Gasteiger partial charge is 0.362 e. The van der Waals surface area contributed by atoms with Crippen molar-refractivity contribution in [3.8, 4) is 5.69 Å². The molecule has 0 saturated heterocycles. The van der Waals surface area contributed by atoms with Crippen molar-refractivity contribution in [2.45, 2.75) is 6.92 Å². The fraction of sp³-hybridized carbons (Fsp3) is 0.154. The van der Waals surface area contributed by atoms with Crippen LogP contribution in [0.2, 0.25) is 0 Å². The van der Waals surface area contributed by atoms with Gasteiger partial charge in [-0.25, -0.2) is 13.9 Å². The molecule has 0 bridgehead atoms. The highest BCUT2D eigenvalue weighted by molar-refractivity contribution is 5.86. The third-order valence-electron chi connectivity index (χ3n) is 2.38. The lowest BCUT2D eigenvalue weighted by atomic mass is 10.3. The lowest BCUT2D eigenvalue weighted by molar-refractivity contribution is 0.0515.